The lowest BCUT2D eigenvalue weighted by Crippen LogP contribution is -2.03. The number of hydrogen-bond acceptors (Lipinski definition) is 32. The molecular weight excluding hydrogens is 1710 g/mol. The van der Waals surface area contributed by atoms with E-state index in [0.717, 1.165) is 337 Å². The van der Waals surface area contributed by atoms with Crippen LogP contribution in [-0.4, -0.2) is 180 Å². The average molecular weight is 1830 g/mol. The van der Waals surface area contributed by atoms with Crippen molar-refractivity contribution in [1.82, 2.24) is 0 Å². The molecule has 5 heterocycles. The van der Waals surface area contributed by atoms with Crippen molar-refractivity contribution < 1.29 is 38.4 Å². The van der Waals surface area contributed by atoms with Crippen molar-refractivity contribution in [2.24, 2.45) is 39.9 Å². The highest BCUT2D eigenvalue weighted by Gasteiger charge is 2.36. The number of aliphatic imine (C=N–C) groups is 8. The number of unbranched alkanes of at least 4 members (excludes halogenated alkanes) is 24. The summed E-state index contributed by atoms with van der Waals surface area (Å²) in [6, 6.07) is 0. The summed E-state index contributed by atoms with van der Waals surface area (Å²) >= 11 is 25.5. The van der Waals surface area contributed by atoms with Crippen molar-refractivity contribution in [3.05, 3.63) is 39.2 Å². The molecule has 0 aromatic rings. The lowest BCUT2D eigenvalue weighted by Gasteiger charge is -2.11. The lowest BCUT2D eigenvalue weighted by atomic mass is 10.2. The molecule has 0 aliphatic carbocycles. The second-order valence-electron chi connectivity index (χ2n) is 26.9. The van der Waals surface area contributed by atoms with Gasteiger partial charge in [0.2, 0.25) is 0 Å². The first-order valence-electron chi connectivity index (χ1n) is 40.1. The van der Waals surface area contributed by atoms with E-state index in [9.17, 15) is 38.4 Å². The predicted octanol–water partition coefficient (Wildman–Crippen LogP) is 24.7. The number of carbonyl (C=O) groups is 8. The minimum absolute atomic E-state index is 0.148. The molecule has 0 aromatic heterocycles. The first kappa shape index (κ1) is 102. The molecule has 0 aromatic carbocycles. The Morgan fingerprint density at radius 1 is 0.152 bits per heavy atom. The summed E-state index contributed by atoms with van der Waals surface area (Å²) in [7, 11) is 0. The van der Waals surface area contributed by atoms with E-state index in [-0.39, 0.29) is 40.9 Å². The van der Waals surface area contributed by atoms with Crippen LogP contribution in [0.25, 0.3) is 0 Å². The molecule has 0 saturated heterocycles. The Kier molecular flexibility index (Phi) is 58.3. The van der Waals surface area contributed by atoms with Crippen LogP contribution in [0.5, 0.6) is 0 Å². The van der Waals surface area contributed by atoms with Gasteiger partial charge in [-0.2, -0.15) is 0 Å². The van der Waals surface area contributed by atoms with Gasteiger partial charge in [0.1, 0.15) is 0 Å². The van der Waals surface area contributed by atoms with E-state index >= 15 is 0 Å². The Labute approximate surface area is 738 Å². The molecule has 5 aliphatic heterocycles. The van der Waals surface area contributed by atoms with Gasteiger partial charge in [0, 0.05) is 101 Å². The predicted molar refractivity (Wildman–Crippen MR) is 520 cm³/mol. The van der Waals surface area contributed by atoms with Gasteiger partial charge in [-0.3, -0.25) is 38.4 Å². The van der Waals surface area contributed by atoms with E-state index in [1.165, 1.54) is 94.1 Å². The maximum absolute atomic E-state index is 11.9. The van der Waals surface area contributed by atoms with Gasteiger partial charge in [-0.25, -0.2) is 39.9 Å². The Morgan fingerprint density at radius 3 is 0.330 bits per heavy atom. The van der Waals surface area contributed by atoms with Crippen LogP contribution in [-0.2, 0) is 38.4 Å². The molecule has 0 spiro atoms. The molecule has 0 radical (unpaired) electrons. The zero-order valence-corrected chi connectivity index (χ0v) is 80.4. The number of amidine groups is 8. The summed E-state index contributed by atoms with van der Waals surface area (Å²) in [5, 5.41) is 1.19. The van der Waals surface area contributed by atoms with Gasteiger partial charge in [-0.1, -0.05) is 197 Å². The van der Waals surface area contributed by atoms with Crippen molar-refractivity contribution in [3.8, 4) is 0 Å². The summed E-state index contributed by atoms with van der Waals surface area (Å²) in [5.41, 5.74) is 0. The minimum Gasteiger partial charge on any atom is -0.288 e. The number of rotatable bonds is 64. The smallest absolute Gasteiger partial charge is 0.185 e. The van der Waals surface area contributed by atoms with E-state index < -0.39 is 0 Å². The molecule has 8 bridgehead atoms. The summed E-state index contributed by atoms with van der Waals surface area (Å²) in [6.07, 6.45) is 31.7. The Balaban J connectivity index is 1.82. The Hall–Kier alpha value is -0.720. The SMILES string of the molecule is CC(=O)SCCCCCCSC1=C(SCCCCCCSC(C)=O)C2=NC3=NC(=NC4=NC(=NC5=NC(=NC1=N2)C(SCCCCCCSC(C)=O)=C5SCCCCCCSC(C)=O)C(SCCCCCCSC(C)=O)=C4SCCCCCCSC(C)=O)C(SCCCCCCSC(C)=O)=C3SCCCCCCSC(C)=O. The van der Waals surface area contributed by atoms with E-state index in [2.05, 4.69) is 0 Å². The van der Waals surface area contributed by atoms with Crippen LogP contribution in [0.2, 0.25) is 0 Å². The van der Waals surface area contributed by atoms with Crippen molar-refractivity contribution in [1.29, 1.82) is 0 Å². The number of fused-ring (bicyclic) bond motifs is 4. The lowest BCUT2D eigenvalue weighted by molar-refractivity contribution is -0.109. The standard InChI is InChI=1S/C80H120N8O8S16/c1-57(89)97-41-25-9-17-33-49-105-65-66(106-50-34-18-10-26-42-98-58(2)90)74-81-73(65)85-75-67(107-51-35-19-11-27-43-99-59(3)91)68(108-52-36-20-12-28-44-100-60(4)92)77(82-75)87-79-71(111-55-39-23-15-31-47-103-63(7)95)72(112-56-40-24-16-32-48-104-64(8)96)80(84-79)88-78-70(110-54-38-22-14-30-46-102-62(6)94)69(76(83-78)86-74)109-53-37-21-13-29-45-101-61(5)93/h9-56H2,1-8H3. The molecule has 32 heteroatoms. The zero-order valence-electron chi connectivity index (χ0n) is 67.3. The van der Waals surface area contributed by atoms with Crippen LogP contribution in [0.4, 0.5) is 0 Å². The largest absolute Gasteiger partial charge is 0.288 e. The molecule has 0 unspecified atom stereocenters. The molecule has 16 nitrogen and oxygen atoms in total. The van der Waals surface area contributed by atoms with Crippen LogP contribution in [0.3, 0.4) is 0 Å². The van der Waals surface area contributed by atoms with Gasteiger partial charge >= 0.3 is 0 Å². The van der Waals surface area contributed by atoms with E-state index in [0.29, 0.717) is 46.7 Å². The maximum Gasteiger partial charge on any atom is 0.185 e. The second kappa shape index (κ2) is 64.2. The van der Waals surface area contributed by atoms with Gasteiger partial charge in [0.25, 0.3) is 0 Å². The van der Waals surface area contributed by atoms with E-state index in [4.69, 9.17) is 39.9 Å². The quantitative estimate of drug-likeness (QED) is 0.0515. The highest BCUT2D eigenvalue weighted by atomic mass is 32.2. The molecule has 5 aliphatic rings. The van der Waals surface area contributed by atoms with Crippen molar-refractivity contribution >= 4 is 276 Å². The van der Waals surface area contributed by atoms with Gasteiger partial charge in [0.15, 0.2) is 87.6 Å². The molecule has 0 fully saturated rings. The molecule has 0 saturated carbocycles. The van der Waals surface area contributed by atoms with Crippen molar-refractivity contribution in [2.45, 2.75) is 261 Å². The molecule has 112 heavy (non-hydrogen) atoms. The van der Waals surface area contributed by atoms with Crippen LogP contribution in [0.1, 0.15) is 261 Å². The van der Waals surface area contributed by atoms with Crippen LogP contribution in [0, 0.1) is 0 Å². The summed E-state index contributed by atoms with van der Waals surface area (Å²) in [6.45, 7) is 13.1. The van der Waals surface area contributed by atoms with Crippen LogP contribution < -0.4 is 0 Å². The third-order valence-electron chi connectivity index (χ3n) is 16.9. The second-order valence-corrected chi connectivity index (χ2v) is 46.0. The minimum atomic E-state index is 0.148. The number of carbonyl (C=O) groups excluding carboxylic acids is 8. The van der Waals surface area contributed by atoms with Crippen molar-refractivity contribution in [2.75, 3.05) is 92.0 Å². The fourth-order valence-electron chi connectivity index (χ4n) is 11.3. The molecule has 5 rings (SSSR count). The van der Waals surface area contributed by atoms with E-state index in [1.807, 2.05) is 0 Å². The third kappa shape index (κ3) is 45.8. The zero-order chi connectivity index (χ0) is 80.8. The first-order chi connectivity index (χ1) is 54.3. The third-order valence-corrected chi connectivity index (χ3v) is 33.9. The van der Waals surface area contributed by atoms with Crippen molar-refractivity contribution in [3.63, 3.8) is 0 Å². The number of nitrogens with zero attached hydrogens (tertiary/aromatic N) is 8. The Bertz CT molecular complexity index is 3000. The molecule has 0 amide bonds. The first-order valence-corrected chi connectivity index (χ1v) is 55.9. The van der Waals surface area contributed by atoms with Crippen LogP contribution >= 0.6 is 188 Å². The number of thioether (sulfide) groups is 16. The highest BCUT2D eigenvalue weighted by molar-refractivity contribution is 8.15. The molecule has 0 N–H and O–H groups in total. The molecule has 0 atom stereocenters. The van der Waals surface area contributed by atoms with Gasteiger partial charge < -0.3 is 0 Å². The fraction of sp³-hybridized carbons (Fsp3) is 0.700. The number of hydrogen-bond donors (Lipinski definition) is 0. The normalized spacial score (nSPS) is 14.8. The average Bonchev–Trinajstić information content (AvgIpc) is 1.61. The topological polar surface area (TPSA) is 235 Å². The Morgan fingerprint density at radius 2 is 0.241 bits per heavy atom. The van der Waals surface area contributed by atoms with Gasteiger partial charge in [-0.15, -0.1) is 94.1 Å². The van der Waals surface area contributed by atoms with Gasteiger partial charge in [-0.05, 0) is 149 Å². The monoisotopic (exact) mass is 1830 g/mol. The van der Waals surface area contributed by atoms with E-state index in [1.54, 1.807) is 149 Å². The summed E-state index contributed by atoms with van der Waals surface area (Å²) in [4.78, 5) is 148. The molecule has 624 valence electrons. The highest BCUT2D eigenvalue weighted by Crippen LogP contribution is 2.45. The molecular formula is C80H120N8O8S16. The maximum atomic E-state index is 11.9. The summed E-state index contributed by atoms with van der Waals surface area (Å²) in [5.74, 6) is 17.6. The van der Waals surface area contributed by atoms with Gasteiger partial charge in [0.05, 0.1) is 39.2 Å². The summed E-state index contributed by atoms with van der Waals surface area (Å²) < 4.78 is 0. The fourth-order valence-corrected chi connectivity index (χ4v) is 25.7. The van der Waals surface area contributed by atoms with Crippen LogP contribution in [0.15, 0.2) is 79.2 Å².